The van der Waals surface area contributed by atoms with Crippen LogP contribution in [0.1, 0.15) is 36.7 Å². The van der Waals surface area contributed by atoms with Crippen molar-refractivity contribution < 1.29 is 27.4 Å². The molecule has 0 aliphatic carbocycles. The summed E-state index contributed by atoms with van der Waals surface area (Å²) in [7, 11) is -2.05. The lowest BCUT2D eigenvalue weighted by molar-refractivity contribution is 0.0730. The van der Waals surface area contributed by atoms with Gasteiger partial charge in [-0.25, -0.2) is 13.8 Å². The number of hydrogen-bond acceptors (Lipinski definition) is 7. The van der Waals surface area contributed by atoms with E-state index in [-0.39, 0.29) is 11.0 Å². The molecule has 33 heavy (non-hydrogen) atoms. The fourth-order valence-corrected chi connectivity index (χ4v) is 4.64. The number of rotatable bonds is 8. The molecule has 178 valence electrons. The molecule has 10 heteroatoms. The lowest BCUT2D eigenvalue weighted by Crippen LogP contribution is -2.40. The van der Waals surface area contributed by atoms with Crippen molar-refractivity contribution in [3.63, 3.8) is 0 Å². The van der Waals surface area contributed by atoms with E-state index in [1.54, 1.807) is 49.4 Å². The molecule has 2 aromatic rings. The summed E-state index contributed by atoms with van der Waals surface area (Å²) < 4.78 is 43.1. The van der Waals surface area contributed by atoms with Crippen molar-refractivity contribution in [3.05, 3.63) is 53.6 Å². The van der Waals surface area contributed by atoms with Gasteiger partial charge in [0.1, 0.15) is 0 Å². The minimum atomic E-state index is -3.56. The lowest BCUT2D eigenvalue weighted by Gasteiger charge is -2.26. The van der Waals surface area contributed by atoms with Crippen LogP contribution in [0.2, 0.25) is 0 Å². The van der Waals surface area contributed by atoms with Gasteiger partial charge in [-0.05, 0) is 56.7 Å². The van der Waals surface area contributed by atoms with Crippen LogP contribution >= 0.6 is 0 Å². The molecule has 0 unspecified atom stereocenters. The molecular weight excluding hydrogens is 446 g/mol. The molecule has 0 aromatic heterocycles. The Balaban J connectivity index is 1.69. The highest BCUT2D eigenvalue weighted by Crippen LogP contribution is 2.29. The molecular formula is C23H29N3O6S. The van der Waals surface area contributed by atoms with E-state index < -0.39 is 15.9 Å². The highest BCUT2D eigenvalue weighted by atomic mass is 32.2. The van der Waals surface area contributed by atoms with Crippen LogP contribution in [0, 0.1) is 0 Å². The predicted molar refractivity (Wildman–Crippen MR) is 124 cm³/mol. The molecule has 1 aliphatic heterocycles. The maximum atomic E-state index is 12.7. The highest BCUT2D eigenvalue weighted by Gasteiger charge is 2.26. The first-order chi connectivity index (χ1) is 15.7. The third-order valence-electron chi connectivity index (χ3n) is 4.99. The van der Waals surface area contributed by atoms with E-state index in [0.717, 1.165) is 0 Å². The van der Waals surface area contributed by atoms with Gasteiger partial charge in [-0.3, -0.25) is 4.79 Å². The van der Waals surface area contributed by atoms with E-state index in [2.05, 4.69) is 10.5 Å². The molecule has 0 radical (unpaired) electrons. The van der Waals surface area contributed by atoms with Crippen molar-refractivity contribution >= 4 is 21.6 Å². The van der Waals surface area contributed by atoms with E-state index in [1.807, 2.05) is 13.8 Å². The Labute approximate surface area is 194 Å². The highest BCUT2D eigenvalue weighted by molar-refractivity contribution is 7.89. The van der Waals surface area contributed by atoms with E-state index in [0.29, 0.717) is 54.6 Å². The van der Waals surface area contributed by atoms with Crippen molar-refractivity contribution in [2.45, 2.75) is 31.8 Å². The number of hydrazone groups is 1. The number of sulfonamides is 1. The van der Waals surface area contributed by atoms with Crippen molar-refractivity contribution in [1.29, 1.82) is 0 Å². The average molecular weight is 476 g/mol. The molecule has 1 heterocycles. The largest absolute Gasteiger partial charge is 0.493 e. The summed E-state index contributed by atoms with van der Waals surface area (Å²) in [6, 6.07) is 11.3. The molecule has 1 N–H and O–H groups in total. The van der Waals surface area contributed by atoms with Crippen molar-refractivity contribution in [1.82, 2.24) is 9.73 Å². The van der Waals surface area contributed by atoms with Crippen LogP contribution in [0.25, 0.3) is 0 Å². The molecule has 9 nitrogen and oxygen atoms in total. The summed E-state index contributed by atoms with van der Waals surface area (Å²) in [5.41, 5.74) is 4.11. The van der Waals surface area contributed by atoms with Crippen LogP contribution in [-0.4, -0.2) is 63.9 Å². The number of amides is 1. The Morgan fingerprint density at radius 1 is 1.06 bits per heavy atom. The first-order valence-corrected chi connectivity index (χ1v) is 12.0. The minimum Gasteiger partial charge on any atom is -0.493 e. The molecule has 1 fully saturated rings. The Hall–Kier alpha value is -2.95. The maximum absolute atomic E-state index is 12.7. The number of carbonyl (C=O) groups excluding carboxylic acids is 1. The number of benzene rings is 2. The summed E-state index contributed by atoms with van der Waals surface area (Å²) in [6.07, 6.45) is -0.0268. The summed E-state index contributed by atoms with van der Waals surface area (Å²) in [5, 5.41) is 4.15. The van der Waals surface area contributed by atoms with E-state index in [1.165, 1.54) is 11.4 Å². The second-order valence-electron chi connectivity index (χ2n) is 7.71. The number of hydrogen-bond donors (Lipinski definition) is 1. The summed E-state index contributed by atoms with van der Waals surface area (Å²) in [5.74, 6) is 0.597. The van der Waals surface area contributed by atoms with E-state index in [9.17, 15) is 13.2 Å². The second-order valence-corrected chi connectivity index (χ2v) is 9.65. The number of nitrogens with zero attached hydrogens (tertiary/aromatic N) is 2. The van der Waals surface area contributed by atoms with Crippen LogP contribution in [0.15, 0.2) is 52.5 Å². The fourth-order valence-electron chi connectivity index (χ4n) is 3.23. The molecule has 1 amide bonds. The van der Waals surface area contributed by atoms with Crippen molar-refractivity contribution in [3.8, 4) is 11.5 Å². The SMILES string of the molecule is COc1cc(C(=O)N/N=C(\C)c2ccc(S(=O)(=O)N3CCOCC3)cc2)ccc1OC(C)C. The van der Waals surface area contributed by atoms with Crippen LogP contribution in [0.3, 0.4) is 0 Å². The maximum Gasteiger partial charge on any atom is 0.271 e. The van der Waals surface area contributed by atoms with Gasteiger partial charge < -0.3 is 14.2 Å². The number of methoxy groups -OCH3 is 1. The Bertz CT molecular complexity index is 1110. The summed E-state index contributed by atoms with van der Waals surface area (Å²) in [4.78, 5) is 12.7. The smallest absolute Gasteiger partial charge is 0.271 e. The lowest BCUT2D eigenvalue weighted by atomic mass is 10.1. The van der Waals surface area contributed by atoms with Gasteiger partial charge in [-0.1, -0.05) is 12.1 Å². The summed E-state index contributed by atoms with van der Waals surface area (Å²) >= 11 is 0. The van der Waals surface area contributed by atoms with E-state index >= 15 is 0 Å². The number of carbonyl (C=O) groups is 1. The zero-order chi connectivity index (χ0) is 24.0. The number of ether oxygens (including phenoxy) is 3. The topological polar surface area (TPSA) is 107 Å². The molecule has 0 saturated carbocycles. The van der Waals surface area contributed by atoms with Gasteiger partial charge >= 0.3 is 0 Å². The standard InChI is InChI=1S/C23H29N3O6S/c1-16(2)32-21-10-7-19(15-22(21)30-4)23(27)25-24-17(3)18-5-8-20(9-6-18)33(28,29)26-11-13-31-14-12-26/h5-10,15-16H,11-14H2,1-4H3,(H,25,27)/b24-17+. The molecule has 3 rings (SSSR count). The van der Waals surface area contributed by atoms with Gasteiger partial charge in [0.25, 0.3) is 5.91 Å². The van der Waals surface area contributed by atoms with Crippen LogP contribution in [-0.2, 0) is 14.8 Å². The van der Waals surface area contributed by atoms with Crippen LogP contribution in [0.5, 0.6) is 11.5 Å². The minimum absolute atomic E-state index is 0.0268. The monoisotopic (exact) mass is 475 g/mol. The molecule has 0 spiro atoms. The van der Waals surface area contributed by atoms with Gasteiger partial charge in [0, 0.05) is 18.7 Å². The molecule has 2 aromatic carbocycles. The van der Waals surface area contributed by atoms with E-state index in [4.69, 9.17) is 14.2 Å². The molecule has 0 atom stereocenters. The molecule has 1 saturated heterocycles. The van der Waals surface area contributed by atoms with Gasteiger partial charge in [-0.2, -0.15) is 9.41 Å². The molecule has 0 bridgehead atoms. The second kappa shape index (κ2) is 10.8. The molecule has 1 aliphatic rings. The Kier molecular flexibility index (Phi) is 8.06. The van der Waals surface area contributed by atoms with Crippen LogP contribution in [0.4, 0.5) is 0 Å². The third kappa shape index (κ3) is 6.10. The van der Waals surface area contributed by atoms with Crippen molar-refractivity contribution in [2.75, 3.05) is 33.4 Å². The predicted octanol–water partition coefficient (Wildman–Crippen LogP) is 2.66. The zero-order valence-electron chi connectivity index (χ0n) is 19.2. The van der Waals surface area contributed by atoms with Gasteiger partial charge in [0.15, 0.2) is 11.5 Å². The first kappa shape index (κ1) is 24.7. The van der Waals surface area contributed by atoms with Gasteiger partial charge in [0.2, 0.25) is 10.0 Å². The van der Waals surface area contributed by atoms with Crippen molar-refractivity contribution in [2.24, 2.45) is 5.10 Å². The third-order valence-corrected chi connectivity index (χ3v) is 6.91. The zero-order valence-corrected chi connectivity index (χ0v) is 20.0. The van der Waals surface area contributed by atoms with Gasteiger partial charge in [0.05, 0.1) is 37.0 Å². The number of morpholine rings is 1. The quantitative estimate of drug-likeness (QED) is 0.465. The Morgan fingerprint density at radius 3 is 2.30 bits per heavy atom. The van der Waals surface area contributed by atoms with Gasteiger partial charge in [-0.15, -0.1) is 0 Å². The number of nitrogens with one attached hydrogen (secondary N) is 1. The normalized spacial score (nSPS) is 15.4. The first-order valence-electron chi connectivity index (χ1n) is 10.6. The summed E-state index contributed by atoms with van der Waals surface area (Å²) in [6.45, 7) is 7.00. The fraction of sp³-hybridized carbons (Fsp3) is 0.391. The Morgan fingerprint density at radius 2 is 1.70 bits per heavy atom. The van der Waals surface area contributed by atoms with Crippen LogP contribution < -0.4 is 14.9 Å². The average Bonchev–Trinajstić information content (AvgIpc) is 2.82.